The lowest BCUT2D eigenvalue weighted by molar-refractivity contribution is -0.274. The van der Waals surface area contributed by atoms with Gasteiger partial charge in [-0.2, -0.15) is 5.10 Å². The van der Waals surface area contributed by atoms with Gasteiger partial charge in [0.05, 0.1) is 12.2 Å². The van der Waals surface area contributed by atoms with Crippen molar-refractivity contribution in [3.8, 4) is 22.6 Å². The van der Waals surface area contributed by atoms with Gasteiger partial charge < -0.3 is 14.8 Å². The molecule has 1 aromatic heterocycles. The molecule has 1 N–H and O–H groups in total. The summed E-state index contributed by atoms with van der Waals surface area (Å²) < 4.78 is 72.9. The highest BCUT2D eigenvalue weighted by atomic mass is 19.4. The van der Waals surface area contributed by atoms with Crippen molar-refractivity contribution >= 4 is 0 Å². The van der Waals surface area contributed by atoms with Crippen molar-refractivity contribution in [2.45, 2.75) is 31.7 Å². The van der Waals surface area contributed by atoms with Gasteiger partial charge in [0, 0.05) is 23.4 Å². The molecule has 27 heavy (non-hydrogen) atoms. The van der Waals surface area contributed by atoms with Gasteiger partial charge in [-0.3, -0.25) is 4.68 Å². The third-order valence-electron chi connectivity index (χ3n) is 4.15. The average molecular weight is 391 g/mol. The van der Waals surface area contributed by atoms with Gasteiger partial charge in [0.25, 0.3) is 6.43 Å². The quantitative estimate of drug-likeness (QED) is 0.756. The number of nitrogens with zero attached hydrogens (tertiary/aromatic N) is 2. The van der Waals surface area contributed by atoms with Crippen LogP contribution in [0.5, 0.6) is 11.5 Å². The molecular weight excluding hydrogens is 373 g/mol. The SMILES string of the molecule is FC(F)COc1cc(OC(F)(F)F)ccc1-c1cnn(C2CCNCC2)c1. The van der Waals surface area contributed by atoms with Crippen LogP contribution >= 0.6 is 0 Å². The van der Waals surface area contributed by atoms with E-state index in [-0.39, 0.29) is 11.8 Å². The van der Waals surface area contributed by atoms with Gasteiger partial charge in [-0.25, -0.2) is 8.78 Å². The molecule has 0 radical (unpaired) electrons. The Balaban J connectivity index is 1.87. The first-order valence-electron chi connectivity index (χ1n) is 8.38. The van der Waals surface area contributed by atoms with Crippen molar-refractivity contribution in [2.75, 3.05) is 19.7 Å². The predicted molar refractivity (Wildman–Crippen MR) is 87.0 cm³/mol. The largest absolute Gasteiger partial charge is 0.573 e. The topological polar surface area (TPSA) is 48.3 Å². The second kappa shape index (κ2) is 8.12. The Morgan fingerprint density at radius 1 is 1.22 bits per heavy atom. The molecule has 1 aromatic carbocycles. The molecule has 10 heteroatoms. The third kappa shape index (κ3) is 5.31. The van der Waals surface area contributed by atoms with Crippen LogP contribution in [0.2, 0.25) is 0 Å². The highest BCUT2D eigenvalue weighted by Gasteiger charge is 2.31. The first-order chi connectivity index (χ1) is 12.8. The lowest BCUT2D eigenvalue weighted by Crippen LogP contribution is -2.29. The number of ether oxygens (including phenoxy) is 2. The van der Waals surface area contributed by atoms with E-state index in [9.17, 15) is 22.0 Å². The fraction of sp³-hybridized carbons (Fsp3) is 0.471. The molecule has 148 valence electrons. The van der Waals surface area contributed by atoms with Gasteiger partial charge in [0.15, 0.2) is 0 Å². The first kappa shape index (κ1) is 19.4. The summed E-state index contributed by atoms with van der Waals surface area (Å²) in [5, 5.41) is 7.55. The van der Waals surface area contributed by atoms with Crippen molar-refractivity contribution in [2.24, 2.45) is 0 Å². The summed E-state index contributed by atoms with van der Waals surface area (Å²) in [6.07, 6.45) is -2.58. The maximum Gasteiger partial charge on any atom is 0.573 e. The van der Waals surface area contributed by atoms with Crippen LogP contribution in [0.1, 0.15) is 18.9 Å². The minimum absolute atomic E-state index is 0.123. The summed E-state index contributed by atoms with van der Waals surface area (Å²) in [7, 11) is 0. The van der Waals surface area contributed by atoms with E-state index in [0.717, 1.165) is 38.1 Å². The van der Waals surface area contributed by atoms with Gasteiger partial charge in [0.1, 0.15) is 18.1 Å². The van der Waals surface area contributed by atoms with Crippen LogP contribution in [-0.4, -0.2) is 42.3 Å². The highest BCUT2D eigenvalue weighted by molar-refractivity contribution is 5.70. The maximum absolute atomic E-state index is 12.5. The van der Waals surface area contributed by atoms with E-state index >= 15 is 0 Å². The van der Waals surface area contributed by atoms with Crippen molar-refractivity contribution in [3.05, 3.63) is 30.6 Å². The Morgan fingerprint density at radius 2 is 1.96 bits per heavy atom. The van der Waals surface area contributed by atoms with Gasteiger partial charge in [0.2, 0.25) is 0 Å². The van der Waals surface area contributed by atoms with Crippen LogP contribution in [0.4, 0.5) is 22.0 Å². The zero-order valence-electron chi connectivity index (χ0n) is 14.2. The molecule has 5 nitrogen and oxygen atoms in total. The molecule has 0 bridgehead atoms. The van der Waals surface area contributed by atoms with Gasteiger partial charge in [-0.1, -0.05) is 0 Å². The highest BCUT2D eigenvalue weighted by Crippen LogP contribution is 2.36. The molecule has 1 aliphatic rings. The van der Waals surface area contributed by atoms with E-state index in [1.165, 1.54) is 12.3 Å². The molecule has 0 atom stereocenters. The van der Waals surface area contributed by atoms with E-state index in [1.54, 1.807) is 10.9 Å². The summed E-state index contributed by atoms with van der Waals surface area (Å²) in [6, 6.07) is 3.61. The zero-order chi connectivity index (χ0) is 19.4. The standard InChI is InChI=1S/C17H18F5N3O2/c18-16(19)10-26-15-7-13(27-17(20,21)22)1-2-14(15)11-8-24-25(9-11)12-3-5-23-6-4-12/h1-2,7-9,12,16,23H,3-6,10H2. The van der Waals surface area contributed by atoms with E-state index in [2.05, 4.69) is 15.2 Å². The minimum Gasteiger partial charge on any atom is -0.487 e. The van der Waals surface area contributed by atoms with Crippen LogP contribution in [0.15, 0.2) is 30.6 Å². The Labute approximate surface area is 152 Å². The zero-order valence-corrected chi connectivity index (χ0v) is 14.2. The minimum atomic E-state index is -4.89. The Bertz CT molecular complexity index is 757. The number of alkyl halides is 5. The number of aromatic nitrogens is 2. The predicted octanol–water partition coefficient (Wildman–Crippen LogP) is 4.02. The number of piperidine rings is 1. The fourth-order valence-electron chi connectivity index (χ4n) is 2.96. The van der Waals surface area contributed by atoms with E-state index in [0.29, 0.717) is 11.1 Å². The second-order valence-corrected chi connectivity index (χ2v) is 6.10. The monoisotopic (exact) mass is 391 g/mol. The fourth-order valence-corrected chi connectivity index (χ4v) is 2.96. The molecule has 1 saturated heterocycles. The van der Waals surface area contributed by atoms with E-state index < -0.39 is 25.1 Å². The van der Waals surface area contributed by atoms with E-state index in [1.807, 2.05) is 0 Å². The molecule has 0 saturated carbocycles. The summed E-state index contributed by atoms with van der Waals surface area (Å²) in [4.78, 5) is 0. The molecule has 0 amide bonds. The summed E-state index contributed by atoms with van der Waals surface area (Å²) >= 11 is 0. The van der Waals surface area contributed by atoms with Crippen LogP contribution in [0.3, 0.4) is 0 Å². The summed E-state index contributed by atoms with van der Waals surface area (Å²) in [6.45, 7) is 0.795. The summed E-state index contributed by atoms with van der Waals surface area (Å²) in [5.41, 5.74) is 0.932. The van der Waals surface area contributed by atoms with Crippen LogP contribution in [0.25, 0.3) is 11.1 Å². The molecule has 1 fully saturated rings. The molecule has 2 aromatic rings. The lowest BCUT2D eigenvalue weighted by Gasteiger charge is -2.22. The van der Waals surface area contributed by atoms with E-state index in [4.69, 9.17) is 4.74 Å². The second-order valence-electron chi connectivity index (χ2n) is 6.10. The maximum atomic E-state index is 12.5. The molecule has 0 spiro atoms. The van der Waals surface area contributed by atoms with Gasteiger partial charge >= 0.3 is 6.36 Å². The van der Waals surface area contributed by atoms with Gasteiger partial charge in [-0.05, 0) is 38.1 Å². The Hall–Kier alpha value is -2.36. The number of benzene rings is 1. The normalized spacial score (nSPS) is 15.9. The average Bonchev–Trinajstić information content (AvgIpc) is 3.09. The number of rotatable bonds is 6. The molecular formula is C17H18F5N3O2. The van der Waals surface area contributed by atoms with Crippen LogP contribution in [-0.2, 0) is 0 Å². The number of nitrogens with one attached hydrogen (secondary N) is 1. The first-order valence-corrected chi connectivity index (χ1v) is 8.38. The number of hydrogen-bond acceptors (Lipinski definition) is 4. The smallest absolute Gasteiger partial charge is 0.487 e. The van der Waals surface area contributed by atoms with Crippen molar-refractivity contribution in [3.63, 3.8) is 0 Å². The molecule has 1 aliphatic heterocycles. The Morgan fingerprint density at radius 3 is 2.63 bits per heavy atom. The van der Waals surface area contributed by atoms with Crippen molar-refractivity contribution in [1.82, 2.24) is 15.1 Å². The van der Waals surface area contributed by atoms with Crippen molar-refractivity contribution in [1.29, 1.82) is 0 Å². The molecule has 0 aliphatic carbocycles. The van der Waals surface area contributed by atoms with Crippen molar-refractivity contribution < 1.29 is 31.4 Å². The van der Waals surface area contributed by atoms with Crippen LogP contribution < -0.4 is 14.8 Å². The molecule has 0 unspecified atom stereocenters. The third-order valence-corrected chi connectivity index (χ3v) is 4.15. The van der Waals surface area contributed by atoms with Crippen LogP contribution in [0, 0.1) is 0 Å². The number of halogens is 5. The lowest BCUT2D eigenvalue weighted by atomic mass is 10.1. The summed E-state index contributed by atoms with van der Waals surface area (Å²) in [5.74, 6) is -0.664. The molecule has 2 heterocycles. The molecule has 3 rings (SSSR count). The Kier molecular flexibility index (Phi) is 5.83. The van der Waals surface area contributed by atoms with Gasteiger partial charge in [-0.15, -0.1) is 13.2 Å². The number of hydrogen-bond donors (Lipinski definition) is 1.